The molecular weight excluding hydrogens is 348 g/mol. The predicted octanol–water partition coefficient (Wildman–Crippen LogP) is 4.67. The lowest BCUT2D eigenvalue weighted by Gasteiger charge is -2.36. The van der Waals surface area contributed by atoms with Crippen molar-refractivity contribution in [2.45, 2.75) is 24.8 Å². The van der Waals surface area contributed by atoms with Gasteiger partial charge in [-0.15, -0.1) is 0 Å². The van der Waals surface area contributed by atoms with E-state index in [-0.39, 0.29) is 0 Å². The first-order chi connectivity index (χ1) is 13.7. The van der Waals surface area contributed by atoms with Crippen LogP contribution in [0.15, 0.2) is 78.9 Å². The summed E-state index contributed by atoms with van der Waals surface area (Å²) in [5.41, 5.74) is 3.83. The number of carboxylic acid groups (broad SMARTS) is 1. The van der Waals surface area contributed by atoms with Crippen LogP contribution in [-0.2, 0) is 23.2 Å². The number of hydrogen-bond donors (Lipinski definition) is 1. The largest absolute Gasteiger partial charge is 0.481 e. The molecule has 0 radical (unpaired) electrons. The van der Waals surface area contributed by atoms with E-state index in [0.29, 0.717) is 19.4 Å². The molecule has 4 nitrogen and oxygen atoms in total. The third kappa shape index (κ3) is 2.45. The normalized spacial score (nSPS) is 17.9. The van der Waals surface area contributed by atoms with E-state index in [2.05, 4.69) is 16.7 Å². The van der Waals surface area contributed by atoms with Crippen LogP contribution in [0.5, 0.6) is 0 Å². The van der Waals surface area contributed by atoms with E-state index in [4.69, 9.17) is 4.98 Å². The minimum Gasteiger partial charge on any atom is -0.481 e. The van der Waals surface area contributed by atoms with Crippen molar-refractivity contribution in [3.05, 3.63) is 90.0 Å². The minimum atomic E-state index is -0.983. The third-order valence-electron chi connectivity index (χ3n) is 5.86. The molecule has 0 spiro atoms. The first kappa shape index (κ1) is 16.8. The lowest BCUT2D eigenvalue weighted by molar-refractivity contribution is -0.145. The molecule has 4 heteroatoms. The first-order valence-electron chi connectivity index (χ1n) is 9.51. The van der Waals surface area contributed by atoms with Gasteiger partial charge in [0, 0.05) is 12.1 Å². The standard InChI is InChI=1S/C24H20N2O2/c27-23(28)24(15-14-17-8-2-1-3-9-17)16-26-21-13-7-6-12-20(21)25-22(26)18-10-4-5-11-19(18)24/h1-13H,14-16H2,(H,27,28). The zero-order valence-corrected chi connectivity index (χ0v) is 15.4. The molecule has 1 aromatic heterocycles. The van der Waals surface area contributed by atoms with Gasteiger partial charge < -0.3 is 9.67 Å². The minimum absolute atomic E-state index is 0.391. The van der Waals surface area contributed by atoms with Crippen molar-refractivity contribution in [1.82, 2.24) is 9.55 Å². The molecule has 1 N–H and O–H groups in total. The number of imidazole rings is 1. The number of para-hydroxylation sites is 2. The Morgan fingerprint density at radius 1 is 0.964 bits per heavy atom. The SMILES string of the molecule is O=C(O)C1(CCc2ccccc2)Cn2c(nc3ccccc32)-c2ccccc21. The summed E-state index contributed by atoms with van der Waals surface area (Å²) in [5.74, 6) is 0.0766. The number of aromatic nitrogens is 2. The van der Waals surface area contributed by atoms with Crippen LogP contribution in [-0.4, -0.2) is 20.6 Å². The van der Waals surface area contributed by atoms with Crippen molar-refractivity contribution in [3.63, 3.8) is 0 Å². The Hall–Kier alpha value is -3.40. The van der Waals surface area contributed by atoms with Gasteiger partial charge in [0.05, 0.1) is 11.0 Å². The van der Waals surface area contributed by atoms with Gasteiger partial charge in [-0.05, 0) is 36.1 Å². The number of carbonyl (C=O) groups is 1. The fourth-order valence-corrected chi connectivity index (χ4v) is 4.40. The van der Waals surface area contributed by atoms with Gasteiger partial charge in [0.25, 0.3) is 0 Å². The van der Waals surface area contributed by atoms with Crippen LogP contribution in [0.25, 0.3) is 22.4 Å². The second-order valence-electron chi connectivity index (χ2n) is 7.43. The molecule has 2 heterocycles. The van der Waals surface area contributed by atoms with Crippen molar-refractivity contribution in [3.8, 4) is 11.4 Å². The number of aryl methyl sites for hydroxylation is 1. The van der Waals surface area contributed by atoms with Crippen LogP contribution in [0.4, 0.5) is 0 Å². The summed E-state index contributed by atoms with van der Waals surface area (Å²) in [6, 6.07) is 25.9. The van der Waals surface area contributed by atoms with E-state index in [1.54, 1.807) is 0 Å². The average molecular weight is 368 g/mol. The van der Waals surface area contributed by atoms with Crippen LogP contribution in [0, 0.1) is 0 Å². The van der Waals surface area contributed by atoms with Gasteiger partial charge in [0.15, 0.2) is 0 Å². The second kappa shape index (κ2) is 6.34. The Morgan fingerprint density at radius 3 is 2.50 bits per heavy atom. The molecule has 1 aliphatic rings. The lowest BCUT2D eigenvalue weighted by Crippen LogP contribution is -2.43. The fraction of sp³-hybridized carbons (Fsp3) is 0.167. The summed E-state index contributed by atoms with van der Waals surface area (Å²) in [5, 5.41) is 10.4. The van der Waals surface area contributed by atoms with E-state index >= 15 is 0 Å². The molecule has 0 saturated heterocycles. The Bertz CT molecular complexity index is 1180. The maximum absolute atomic E-state index is 12.7. The van der Waals surface area contributed by atoms with Crippen molar-refractivity contribution < 1.29 is 9.90 Å². The van der Waals surface area contributed by atoms with Crippen LogP contribution in [0.3, 0.4) is 0 Å². The van der Waals surface area contributed by atoms with Crippen LogP contribution < -0.4 is 0 Å². The van der Waals surface area contributed by atoms with E-state index < -0.39 is 11.4 Å². The number of hydrogen-bond acceptors (Lipinski definition) is 2. The molecule has 0 bridgehead atoms. The molecule has 0 fully saturated rings. The highest BCUT2D eigenvalue weighted by Gasteiger charge is 2.46. The zero-order valence-electron chi connectivity index (χ0n) is 15.4. The molecular formula is C24H20N2O2. The molecule has 138 valence electrons. The number of benzene rings is 3. The molecule has 1 unspecified atom stereocenters. The topological polar surface area (TPSA) is 55.1 Å². The molecule has 5 rings (SSSR count). The van der Waals surface area contributed by atoms with Gasteiger partial charge in [0.1, 0.15) is 11.2 Å². The van der Waals surface area contributed by atoms with Crippen LogP contribution in [0.1, 0.15) is 17.5 Å². The van der Waals surface area contributed by atoms with E-state index in [9.17, 15) is 9.90 Å². The van der Waals surface area contributed by atoms with E-state index in [1.165, 1.54) is 0 Å². The number of rotatable bonds is 4. The molecule has 4 aromatic rings. The van der Waals surface area contributed by atoms with Gasteiger partial charge in [-0.3, -0.25) is 4.79 Å². The van der Waals surface area contributed by atoms with Gasteiger partial charge in [0.2, 0.25) is 0 Å². The molecule has 0 saturated carbocycles. The van der Waals surface area contributed by atoms with Crippen LogP contribution in [0.2, 0.25) is 0 Å². The highest BCUT2D eigenvalue weighted by Crippen LogP contribution is 2.44. The van der Waals surface area contributed by atoms with Crippen LogP contribution >= 0.6 is 0 Å². The number of carboxylic acids is 1. The van der Waals surface area contributed by atoms with Gasteiger partial charge >= 0.3 is 5.97 Å². The van der Waals surface area contributed by atoms with Gasteiger partial charge in [-0.25, -0.2) is 4.98 Å². The van der Waals surface area contributed by atoms with E-state index in [0.717, 1.165) is 33.5 Å². The summed E-state index contributed by atoms with van der Waals surface area (Å²) < 4.78 is 2.08. The molecule has 0 amide bonds. The second-order valence-corrected chi connectivity index (χ2v) is 7.43. The lowest BCUT2D eigenvalue weighted by atomic mass is 9.72. The summed E-state index contributed by atoms with van der Waals surface area (Å²) in [4.78, 5) is 17.5. The molecule has 3 aromatic carbocycles. The summed E-state index contributed by atoms with van der Waals surface area (Å²) in [6.45, 7) is 0.391. The Labute approximate surface area is 163 Å². The number of nitrogens with zero attached hydrogens (tertiary/aromatic N) is 2. The molecule has 0 aliphatic carbocycles. The quantitative estimate of drug-likeness (QED) is 0.569. The fourth-order valence-electron chi connectivity index (χ4n) is 4.40. The van der Waals surface area contributed by atoms with Crippen molar-refractivity contribution in [2.24, 2.45) is 0 Å². The smallest absolute Gasteiger partial charge is 0.316 e. The number of fused-ring (bicyclic) bond motifs is 5. The van der Waals surface area contributed by atoms with Crippen molar-refractivity contribution in [2.75, 3.05) is 0 Å². The Kier molecular flexibility index (Phi) is 3.79. The molecule has 1 atom stereocenters. The summed E-state index contributed by atoms with van der Waals surface area (Å²) in [6.07, 6.45) is 1.25. The van der Waals surface area contributed by atoms with Crippen molar-refractivity contribution >= 4 is 17.0 Å². The summed E-state index contributed by atoms with van der Waals surface area (Å²) >= 11 is 0. The number of aliphatic carboxylic acids is 1. The summed E-state index contributed by atoms with van der Waals surface area (Å²) in [7, 11) is 0. The molecule has 28 heavy (non-hydrogen) atoms. The highest BCUT2D eigenvalue weighted by atomic mass is 16.4. The van der Waals surface area contributed by atoms with E-state index in [1.807, 2.05) is 66.7 Å². The molecule has 1 aliphatic heterocycles. The first-order valence-corrected chi connectivity index (χ1v) is 9.51. The Morgan fingerprint density at radius 2 is 1.68 bits per heavy atom. The highest BCUT2D eigenvalue weighted by molar-refractivity contribution is 5.89. The predicted molar refractivity (Wildman–Crippen MR) is 109 cm³/mol. The maximum atomic E-state index is 12.7. The van der Waals surface area contributed by atoms with Gasteiger partial charge in [-0.1, -0.05) is 66.7 Å². The maximum Gasteiger partial charge on any atom is 0.316 e. The third-order valence-corrected chi connectivity index (χ3v) is 5.86. The van der Waals surface area contributed by atoms with Crippen molar-refractivity contribution in [1.29, 1.82) is 0 Å². The van der Waals surface area contributed by atoms with Gasteiger partial charge in [-0.2, -0.15) is 0 Å². The Balaban J connectivity index is 1.68. The average Bonchev–Trinajstić information content (AvgIpc) is 3.11. The zero-order chi connectivity index (χ0) is 19.1. The monoisotopic (exact) mass is 368 g/mol.